The van der Waals surface area contributed by atoms with Crippen LogP contribution in [-0.2, 0) is 6.61 Å². The van der Waals surface area contributed by atoms with Crippen LogP contribution in [0, 0.1) is 0 Å². The van der Waals surface area contributed by atoms with Gasteiger partial charge in [-0.2, -0.15) is 0 Å². The molecular weight excluding hydrogens is 290 g/mol. The van der Waals surface area contributed by atoms with Gasteiger partial charge in [-0.1, -0.05) is 40.2 Å². The Morgan fingerprint density at radius 2 is 1.89 bits per heavy atom. The van der Waals surface area contributed by atoms with Crippen LogP contribution in [0.3, 0.4) is 0 Å². The molecule has 0 unspecified atom stereocenters. The van der Waals surface area contributed by atoms with Crippen molar-refractivity contribution in [2.45, 2.75) is 19.6 Å². The summed E-state index contributed by atoms with van der Waals surface area (Å²) in [5, 5.41) is 0. The molecule has 18 heavy (non-hydrogen) atoms. The molecule has 0 heterocycles. The van der Waals surface area contributed by atoms with Gasteiger partial charge in [-0.15, -0.1) is 0 Å². The predicted octanol–water partition coefficient (Wildman–Crippen LogP) is 4.05. The van der Waals surface area contributed by atoms with Crippen LogP contribution in [-0.4, -0.2) is 0 Å². The summed E-state index contributed by atoms with van der Waals surface area (Å²) in [6.07, 6.45) is 0. The molecule has 2 N–H and O–H groups in total. The van der Waals surface area contributed by atoms with Gasteiger partial charge in [0.05, 0.1) is 0 Å². The van der Waals surface area contributed by atoms with Crippen molar-refractivity contribution in [2.24, 2.45) is 5.73 Å². The molecule has 0 fully saturated rings. The van der Waals surface area contributed by atoms with Crippen LogP contribution in [0.15, 0.2) is 53.0 Å². The number of halogens is 1. The quantitative estimate of drug-likeness (QED) is 0.925. The van der Waals surface area contributed by atoms with Gasteiger partial charge < -0.3 is 10.5 Å². The lowest BCUT2D eigenvalue weighted by atomic mass is 10.1. The molecule has 2 aromatic rings. The number of nitrogens with two attached hydrogens (primary N) is 1. The second kappa shape index (κ2) is 6.03. The van der Waals surface area contributed by atoms with E-state index in [1.807, 2.05) is 55.5 Å². The molecule has 0 bridgehead atoms. The maximum Gasteiger partial charge on any atom is 0.120 e. The zero-order valence-corrected chi connectivity index (χ0v) is 11.9. The molecule has 0 saturated carbocycles. The summed E-state index contributed by atoms with van der Waals surface area (Å²) in [7, 11) is 0. The Kier molecular flexibility index (Phi) is 4.39. The molecule has 0 amide bonds. The smallest absolute Gasteiger partial charge is 0.120 e. The molecule has 0 radical (unpaired) electrons. The maximum atomic E-state index is 5.85. The lowest BCUT2D eigenvalue weighted by molar-refractivity contribution is 0.306. The van der Waals surface area contributed by atoms with Crippen LogP contribution in [0.1, 0.15) is 24.1 Å². The lowest BCUT2D eigenvalue weighted by Crippen LogP contribution is -2.05. The van der Waals surface area contributed by atoms with E-state index in [4.69, 9.17) is 10.5 Å². The summed E-state index contributed by atoms with van der Waals surface area (Å²) >= 11 is 3.41. The Hall–Kier alpha value is -1.32. The minimum atomic E-state index is 0.0289. The van der Waals surface area contributed by atoms with Crippen molar-refractivity contribution >= 4 is 15.9 Å². The van der Waals surface area contributed by atoms with Crippen LogP contribution < -0.4 is 10.5 Å². The van der Waals surface area contributed by atoms with Gasteiger partial charge >= 0.3 is 0 Å². The molecule has 0 aromatic heterocycles. The van der Waals surface area contributed by atoms with Crippen molar-refractivity contribution < 1.29 is 4.74 Å². The summed E-state index contributed by atoms with van der Waals surface area (Å²) in [6.45, 7) is 2.53. The standard InChI is InChI=1S/C15H16BrNO/c1-11(17)13-3-2-4-15(9-13)18-10-12-5-7-14(16)8-6-12/h2-9,11H,10,17H2,1H3/t11-/m0/s1. The third-order valence-electron chi connectivity index (χ3n) is 2.70. The zero-order chi connectivity index (χ0) is 13.0. The zero-order valence-electron chi connectivity index (χ0n) is 10.3. The van der Waals surface area contributed by atoms with E-state index in [1.54, 1.807) is 0 Å². The van der Waals surface area contributed by atoms with E-state index in [9.17, 15) is 0 Å². The molecule has 0 aliphatic rings. The minimum absolute atomic E-state index is 0.0289. The second-order valence-electron chi connectivity index (χ2n) is 4.28. The maximum absolute atomic E-state index is 5.85. The molecule has 0 spiro atoms. The third-order valence-corrected chi connectivity index (χ3v) is 3.23. The van der Waals surface area contributed by atoms with E-state index < -0.39 is 0 Å². The van der Waals surface area contributed by atoms with E-state index in [2.05, 4.69) is 15.9 Å². The third kappa shape index (κ3) is 3.59. The topological polar surface area (TPSA) is 35.2 Å². The van der Waals surface area contributed by atoms with Crippen molar-refractivity contribution in [3.8, 4) is 5.75 Å². The molecule has 0 saturated heterocycles. The first-order valence-corrected chi connectivity index (χ1v) is 6.67. The van der Waals surface area contributed by atoms with Crippen LogP contribution >= 0.6 is 15.9 Å². The van der Waals surface area contributed by atoms with Crippen LogP contribution in [0.4, 0.5) is 0 Å². The van der Waals surface area contributed by atoms with Gasteiger partial charge in [0.1, 0.15) is 12.4 Å². The van der Waals surface area contributed by atoms with Crippen LogP contribution in [0.2, 0.25) is 0 Å². The molecule has 1 atom stereocenters. The van der Waals surface area contributed by atoms with Gasteiger partial charge in [-0.05, 0) is 42.3 Å². The molecule has 3 heteroatoms. The molecule has 0 aliphatic carbocycles. The lowest BCUT2D eigenvalue weighted by Gasteiger charge is -2.10. The van der Waals surface area contributed by atoms with Crippen LogP contribution in [0.5, 0.6) is 5.75 Å². The van der Waals surface area contributed by atoms with Gasteiger partial charge in [0.2, 0.25) is 0 Å². The van der Waals surface area contributed by atoms with Gasteiger partial charge in [0, 0.05) is 10.5 Å². The van der Waals surface area contributed by atoms with E-state index in [-0.39, 0.29) is 6.04 Å². The fourth-order valence-corrected chi connectivity index (χ4v) is 1.90. The number of ether oxygens (including phenoxy) is 1. The van der Waals surface area contributed by atoms with Crippen molar-refractivity contribution in [3.63, 3.8) is 0 Å². The first-order valence-electron chi connectivity index (χ1n) is 5.88. The summed E-state index contributed by atoms with van der Waals surface area (Å²) in [4.78, 5) is 0. The highest BCUT2D eigenvalue weighted by Gasteiger charge is 2.01. The van der Waals surface area contributed by atoms with Crippen molar-refractivity contribution in [1.82, 2.24) is 0 Å². The summed E-state index contributed by atoms with van der Waals surface area (Å²) < 4.78 is 6.83. The minimum Gasteiger partial charge on any atom is -0.489 e. The largest absolute Gasteiger partial charge is 0.489 e. The monoisotopic (exact) mass is 305 g/mol. The molecular formula is C15H16BrNO. The molecule has 94 valence electrons. The number of benzene rings is 2. The Morgan fingerprint density at radius 3 is 2.56 bits per heavy atom. The fraction of sp³-hybridized carbons (Fsp3) is 0.200. The Balaban J connectivity index is 2.01. The van der Waals surface area contributed by atoms with E-state index in [0.717, 1.165) is 21.3 Å². The summed E-state index contributed by atoms with van der Waals surface area (Å²) in [5.74, 6) is 0.854. The average Bonchev–Trinajstić information content (AvgIpc) is 2.38. The highest BCUT2D eigenvalue weighted by atomic mass is 79.9. The van der Waals surface area contributed by atoms with Crippen molar-refractivity contribution in [3.05, 3.63) is 64.1 Å². The van der Waals surface area contributed by atoms with Crippen molar-refractivity contribution in [1.29, 1.82) is 0 Å². The number of hydrogen-bond donors (Lipinski definition) is 1. The highest BCUT2D eigenvalue weighted by molar-refractivity contribution is 9.10. The fourth-order valence-electron chi connectivity index (χ4n) is 1.63. The first kappa shape index (κ1) is 13.1. The predicted molar refractivity (Wildman–Crippen MR) is 77.5 cm³/mol. The van der Waals surface area contributed by atoms with E-state index >= 15 is 0 Å². The van der Waals surface area contributed by atoms with E-state index in [1.165, 1.54) is 0 Å². The summed E-state index contributed by atoms with van der Waals surface area (Å²) in [5.41, 5.74) is 8.08. The van der Waals surface area contributed by atoms with E-state index in [0.29, 0.717) is 6.61 Å². The Morgan fingerprint density at radius 1 is 1.17 bits per heavy atom. The highest BCUT2D eigenvalue weighted by Crippen LogP contribution is 2.19. The van der Waals surface area contributed by atoms with Crippen LogP contribution in [0.25, 0.3) is 0 Å². The molecule has 2 rings (SSSR count). The van der Waals surface area contributed by atoms with Crippen molar-refractivity contribution in [2.75, 3.05) is 0 Å². The van der Waals surface area contributed by atoms with Gasteiger partial charge in [-0.25, -0.2) is 0 Å². The first-order chi connectivity index (χ1) is 8.65. The normalized spacial score (nSPS) is 12.2. The van der Waals surface area contributed by atoms with Gasteiger partial charge in [0.15, 0.2) is 0 Å². The summed E-state index contributed by atoms with van der Waals surface area (Å²) in [6, 6.07) is 16.1. The molecule has 2 nitrogen and oxygen atoms in total. The van der Waals surface area contributed by atoms with Gasteiger partial charge in [-0.3, -0.25) is 0 Å². The Labute approximate surface area is 116 Å². The van der Waals surface area contributed by atoms with Gasteiger partial charge in [0.25, 0.3) is 0 Å². The number of hydrogen-bond acceptors (Lipinski definition) is 2. The molecule has 0 aliphatic heterocycles. The number of rotatable bonds is 4. The Bertz CT molecular complexity index is 508. The second-order valence-corrected chi connectivity index (χ2v) is 5.19. The SMILES string of the molecule is C[C@H](N)c1cccc(OCc2ccc(Br)cc2)c1. The molecule has 2 aromatic carbocycles. The average molecular weight is 306 g/mol.